The predicted molar refractivity (Wildman–Crippen MR) is 91.0 cm³/mol. The van der Waals surface area contributed by atoms with E-state index < -0.39 is 0 Å². The smallest absolute Gasteiger partial charge is 0.0533 e. The molecule has 0 bridgehead atoms. The first-order chi connectivity index (χ1) is 7.91. The van der Waals surface area contributed by atoms with E-state index in [1.54, 1.807) is 0 Å². The highest BCUT2D eigenvalue weighted by Gasteiger charge is 1.92. The van der Waals surface area contributed by atoms with Gasteiger partial charge < -0.3 is 0 Å². The van der Waals surface area contributed by atoms with Crippen molar-refractivity contribution in [3.8, 4) is 0 Å². The third-order valence-corrected chi connectivity index (χ3v) is 3.46. The first-order valence-corrected chi connectivity index (χ1v) is 7.91. The van der Waals surface area contributed by atoms with Gasteiger partial charge in [0.1, 0.15) is 0 Å². The molecule has 0 heterocycles. The van der Waals surface area contributed by atoms with Crippen molar-refractivity contribution in [2.45, 2.75) is 104 Å². The van der Waals surface area contributed by atoms with Crippen LogP contribution in [0.15, 0.2) is 0 Å². The second-order valence-corrected chi connectivity index (χ2v) is 5.24. The van der Waals surface area contributed by atoms with Crippen molar-refractivity contribution >= 4 is 0 Å². The van der Waals surface area contributed by atoms with Crippen LogP contribution in [0.25, 0.3) is 0 Å². The third-order valence-electron chi connectivity index (χ3n) is 3.46. The van der Waals surface area contributed by atoms with Gasteiger partial charge in [-0.2, -0.15) is 0 Å². The van der Waals surface area contributed by atoms with Crippen molar-refractivity contribution in [3.63, 3.8) is 0 Å². The molecule has 0 nitrogen and oxygen atoms in total. The highest BCUT2D eigenvalue weighted by molar-refractivity contribution is 4.48. The van der Waals surface area contributed by atoms with Crippen LogP contribution in [0, 0.1) is 0 Å². The Morgan fingerprint density at radius 1 is 0.273 bits per heavy atom. The summed E-state index contributed by atoms with van der Waals surface area (Å²) in [5.41, 5.74) is 0. The van der Waals surface area contributed by atoms with Crippen molar-refractivity contribution in [2.24, 2.45) is 0 Å². The van der Waals surface area contributed by atoms with E-state index in [1.807, 2.05) is 0 Å². The second-order valence-electron chi connectivity index (χ2n) is 5.24. The SMILES string of the molecule is CCCCCCCCCCCCCCCC.F.F.F.F.F.F. The Balaban J connectivity index is -0.0000000750. The first kappa shape index (κ1) is 43.0. The van der Waals surface area contributed by atoms with E-state index in [4.69, 9.17) is 0 Å². The zero-order chi connectivity index (χ0) is 11.9. The van der Waals surface area contributed by atoms with Crippen LogP contribution in [0.5, 0.6) is 0 Å². The van der Waals surface area contributed by atoms with Gasteiger partial charge >= 0.3 is 0 Å². The lowest BCUT2D eigenvalue weighted by Crippen LogP contribution is -1.82. The van der Waals surface area contributed by atoms with Gasteiger partial charge in [0.05, 0.1) is 0 Å². The van der Waals surface area contributed by atoms with Gasteiger partial charge in [-0.3, -0.25) is 28.2 Å². The predicted octanol–water partition coefficient (Wildman–Crippen LogP) is 7.40. The van der Waals surface area contributed by atoms with Gasteiger partial charge in [0, 0.05) is 0 Å². The quantitative estimate of drug-likeness (QED) is 0.241. The fraction of sp³-hybridized carbons (Fsp3) is 1.00. The van der Waals surface area contributed by atoms with Gasteiger partial charge in [-0.15, -0.1) is 0 Å². The van der Waals surface area contributed by atoms with Crippen LogP contribution in [0.1, 0.15) is 104 Å². The largest absolute Gasteiger partial charge is 0.269 e. The molecular formula is C16H40F6. The van der Waals surface area contributed by atoms with Gasteiger partial charge in [0.2, 0.25) is 0 Å². The maximum atomic E-state index is 2.29. The summed E-state index contributed by atoms with van der Waals surface area (Å²) in [5.74, 6) is 0. The molecule has 6 heteroatoms. The summed E-state index contributed by atoms with van der Waals surface area (Å²) in [4.78, 5) is 0. The Kier molecular flexibility index (Phi) is 83.6. The molecule has 146 valence electrons. The summed E-state index contributed by atoms with van der Waals surface area (Å²) < 4.78 is 0. The van der Waals surface area contributed by atoms with E-state index in [1.165, 1.54) is 89.9 Å². The average Bonchev–Trinajstić information content (AvgIpc) is 2.31. The molecule has 0 N–H and O–H groups in total. The molecule has 0 aliphatic carbocycles. The van der Waals surface area contributed by atoms with Crippen molar-refractivity contribution in [2.75, 3.05) is 0 Å². The van der Waals surface area contributed by atoms with E-state index in [0.29, 0.717) is 0 Å². The van der Waals surface area contributed by atoms with Crippen LogP contribution in [0.2, 0.25) is 0 Å². The summed E-state index contributed by atoms with van der Waals surface area (Å²) >= 11 is 0. The molecule has 0 spiro atoms. The van der Waals surface area contributed by atoms with Crippen molar-refractivity contribution < 1.29 is 28.2 Å². The molecule has 0 aliphatic heterocycles. The van der Waals surface area contributed by atoms with Crippen LogP contribution in [-0.4, -0.2) is 0 Å². The van der Waals surface area contributed by atoms with Gasteiger partial charge in [-0.1, -0.05) is 104 Å². The maximum Gasteiger partial charge on any atom is -0.0533 e. The number of hydrogen-bond acceptors (Lipinski definition) is 0. The Morgan fingerprint density at radius 3 is 0.545 bits per heavy atom. The van der Waals surface area contributed by atoms with Crippen molar-refractivity contribution in [3.05, 3.63) is 0 Å². The van der Waals surface area contributed by atoms with Gasteiger partial charge in [-0.25, -0.2) is 0 Å². The van der Waals surface area contributed by atoms with Crippen LogP contribution >= 0.6 is 0 Å². The molecule has 22 heavy (non-hydrogen) atoms. The first-order valence-electron chi connectivity index (χ1n) is 7.91. The van der Waals surface area contributed by atoms with Crippen molar-refractivity contribution in [1.82, 2.24) is 0 Å². The highest BCUT2D eigenvalue weighted by atomic mass is 19.0. The van der Waals surface area contributed by atoms with Crippen LogP contribution < -0.4 is 0 Å². The summed E-state index contributed by atoms with van der Waals surface area (Å²) in [6.07, 6.45) is 20.4. The minimum absolute atomic E-state index is 0. The zero-order valence-electron chi connectivity index (χ0n) is 14.3. The maximum absolute atomic E-state index is 2.29. The van der Waals surface area contributed by atoms with E-state index in [9.17, 15) is 0 Å². The third kappa shape index (κ3) is 42.7. The summed E-state index contributed by atoms with van der Waals surface area (Å²) in [6, 6.07) is 0. The molecule has 0 radical (unpaired) electrons. The van der Waals surface area contributed by atoms with E-state index in [0.717, 1.165) is 0 Å². The highest BCUT2D eigenvalue weighted by Crippen LogP contribution is 2.12. The Morgan fingerprint density at radius 2 is 0.409 bits per heavy atom. The Hall–Kier alpha value is -0.420. The van der Waals surface area contributed by atoms with Crippen molar-refractivity contribution in [1.29, 1.82) is 0 Å². The summed E-state index contributed by atoms with van der Waals surface area (Å²) in [7, 11) is 0. The van der Waals surface area contributed by atoms with Crippen LogP contribution in [0.4, 0.5) is 28.2 Å². The monoisotopic (exact) mass is 346 g/mol. The van der Waals surface area contributed by atoms with Gasteiger partial charge in [0.15, 0.2) is 0 Å². The van der Waals surface area contributed by atoms with Gasteiger partial charge in [0.25, 0.3) is 0 Å². The normalized spacial score (nSPS) is 7.91. The standard InChI is InChI=1S/C16H34.6FH/c1-3-5-7-9-11-13-15-16-14-12-10-8-6-4-2;;;;;;/h3-16H2,1-2H3;6*1H. The van der Waals surface area contributed by atoms with Gasteiger partial charge in [-0.05, 0) is 0 Å². The average molecular weight is 346 g/mol. The molecule has 0 rings (SSSR count). The number of hydrogen-bond donors (Lipinski definition) is 0. The number of halogens is 6. The molecule has 0 amide bonds. The topological polar surface area (TPSA) is 0 Å². The molecule has 0 aromatic heterocycles. The molecule has 0 fully saturated rings. The number of unbranched alkanes of at least 4 members (excludes halogenated alkanes) is 13. The summed E-state index contributed by atoms with van der Waals surface area (Å²) in [5, 5.41) is 0. The molecule has 0 aliphatic rings. The lowest BCUT2D eigenvalue weighted by molar-refractivity contribution is 0.538. The summed E-state index contributed by atoms with van der Waals surface area (Å²) in [6.45, 7) is 4.58. The van der Waals surface area contributed by atoms with E-state index >= 15 is 0 Å². The minimum atomic E-state index is 0. The van der Waals surface area contributed by atoms with E-state index in [2.05, 4.69) is 13.8 Å². The Labute approximate surface area is 133 Å². The lowest BCUT2D eigenvalue weighted by Gasteiger charge is -2.02. The second kappa shape index (κ2) is 42.8. The minimum Gasteiger partial charge on any atom is -0.269 e. The molecular weight excluding hydrogens is 306 g/mol. The Bertz CT molecular complexity index is 111. The molecule has 0 unspecified atom stereocenters. The molecule has 0 aromatic carbocycles. The lowest BCUT2D eigenvalue weighted by atomic mass is 10.0. The number of rotatable bonds is 13. The molecule has 0 atom stereocenters. The molecule has 0 saturated heterocycles. The van der Waals surface area contributed by atoms with E-state index in [-0.39, 0.29) is 28.2 Å². The fourth-order valence-corrected chi connectivity index (χ4v) is 2.27. The van der Waals surface area contributed by atoms with Crippen LogP contribution in [-0.2, 0) is 0 Å². The fourth-order valence-electron chi connectivity index (χ4n) is 2.27. The molecule has 0 aromatic rings. The molecule has 0 saturated carbocycles. The zero-order valence-corrected chi connectivity index (χ0v) is 14.3. The van der Waals surface area contributed by atoms with Crippen LogP contribution in [0.3, 0.4) is 0 Å².